The lowest BCUT2D eigenvalue weighted by Gasteiger charge is -2.19. The molecule has 0 bridgehead atoms. The summed E-state index contributed by atoms with van der Waals surface area (Å²) >= 11 is 0. The van der Waals surface area contributed by atoms with E-state index in [1.807, 2.05) is 6.92 Å². The zero-order valence-electron chi connectivity index (χ0n) is 14.5. The van der Waals surface area contributed by atoms with Gasteiger partial charge < -0.3 is 19.7 Å². The van der Waals surface area contributed by atoms with E-state index >= 15 is 0 Å². The van der Waals surface area contributed by atoms with Gasteiger partial charge in [0.1, 0.15) is 13.2 Å². The van der Waals surface area contributed by atoms with Crippen molar-refractivity contribution in [3.05, 3.63) is 53.1 Å². The number of carbonyl (C=O) groups excluding carboxylic acids is 2. The number of hydrogen-bond donors (Lipinski definition) is 1. The van der Waals surface area contributed by atoms with E-state index in [0.29, 0.717) is 41.5 Å². The van der Waals surface area contributed by atoms with Crippen LogP contribution in [0.15, 0.2) is 36.4 Å². The summed E-state index contributed by atoms with van der Waals surface area (Å²) in [7, 11) is 3.39. The van der Waals surface area contributed by atoms with Gasteiger partial charge in [0.25, 0.3) is 11.8 Å². The number of nitrogens with zero attached hydrogens (tertiary/aromatic N) is 1. The number of anilines is 1. The predicted molar refractivity (Wildman–Crippen MR) is 94.6 cm³/mol. The van der Waals surface area contributed by atoms with Crippen molar-refractivity contribution in [3.8, 4) is 11.5 Å². The van der Waals surface area contributed by atoms with Crippen molar-refractivity contribution >= 4 is 17.5 Å². The summed E-state index contributed by atoms with van der Waals surface area (Å²) in [6.07, 6.45) is 0. The third-order valence-corrected chi connectivity index (χ3v) is 4.02. The maximum atomic E-state index is 12.6. The number of rotatable bonds is 3. The lowest BCUT2D eigenvalue weighted by molar-refractivity contribution is 0.0826. The van der Waals surface area contributed by atoms with Gasteiger partial charge in [-0.05, 0) is 42.8 Å². The van der Waals surface area contributed by atoms with Crippen molar-refractivity contribution in [1.29, 1.82) is 0 Å². The molecule has 0 fully saturated rings. The highest BCUT2D eigenvalue weighted by Gasteiger charge is 2.17. The van der Waals surface area contributed by atoms with Crippen LogP contribution in [0.1, 0.15) is 26.3 Å². The molecule has 0 aliphatic carbocycles. The molecule has 0 saturated heterocycles. The molecule has 0 spiro atoms. The smallest absolute Gasteiger partial charge is 0.255 e. The Hall–Kier alpha value is -3.02. The van der Waals surface area contributed by atoms with Crippen molar-refractivity contribution in [2.24, 2.45) is 0 Å². The monoisotopic (exact) mass is 340 g/mol. The summed E-state index contributed by atoms with van der Waals surface area (Å²) < 4.78 is 11.0. The minimum atomic E-state index is -0.269. The molecule has 1 aliphatic rings. The fourth-order valence-electron chi connectivity index (χ4n) is 2.62. The highest BCUT2D eigenvalue weighted by Crippen LogP contribution is 2.31. The van der Waals surface area contributed by atoms with Gasteiger partial charge in [-0.3, -0.25) is 9.59 Å². The lowest BCUT2D eigenvalue weighted by Crippen LogP contribution is -2.23. The second-order valence-electron chi connectivity index (χ2n) is 5.99. The molecule has 1 aliphatic heterocycles. The zero-order valence-corrected chi connectivity index (χ0v) is 14.5. The number of nitrogens with one attached hydrogen (secondary N) is 1. The average molecular weight is 340 g/mol. The van der Waals surface area contributed by atoms with Crippen LogP contribution in [0.4, 0.5) is 5.69 Å². The Kier molecular flexibility index (Phi) is 4.61. The Labute approximate surface area is 146 Å². The second kappa shape index (κ2) is 6.84. The number of hydrogen-bond acceptors (Lipinski definition) is 4. The standard InChI is InChI=1S/C19H20N2O4/c1-12-14(19(23)21(2)3)5-4-6-15(12)20-18(22)13-7-8-16-17(11-13)25-10-9-24-16/h4-8,11H,9-10H2,1-3H3,(H,20,22). The average Bonchev–Trinajstić information content (AvgIpc) is 2.62. The third kappa shape index (κ3) is 3.42. The number of fused-ring (bicyclic) bond motifs is 1. The first-order valence-corrected chi connectivity index (χ1v) is 7.99. The molecule has 0 unspecified atom stereocenters. The summed E-state index contributed by atoms with van der Waals surface area (Å²) in [5.41, 5.74) is 2.36. The number of ether oxygens (including phenoxy) is 2. The highest BCUT2D eigenvalue weighted by atomic mass is 16.6. The molecule has 1 N–H and O–H groups in total. The summed E-state index contributed by atoms with van der Waals surface area (Å²) in [6, 6.07) is 10.3. The van der Waals surface area contributed by atoms with Crippen molar-refractivity contribution < 1.29 is 19.1 Å². The van der Waals surface area contributed by atoms with Gasteiger partial charge in [-0.2, -0.15) is 0 Å². The van der Waals surface area contributed by atoms with E-state index < -0.39 is 0 Å². The Morgan fingerprint density at radius 1 is 1.04 bits per heavy atom. The Morgan fingerprint density at radius 2 is 1.76 bits per heavy atom. The summed E-state index contributed by atoms with van der Waals surface area (Å²) in [5, 5.41) is 2.86. The van der Waals surface area contributed by atoms with Crippen molar-refractivity contribution in [2.45, 2.75) is 6.92 Å². The van der Waals surface area contributed by atoms with Crippen molar-refractivity contribution in [1.82, 2.24) is 4.90 Å². The Balaban J connectivity index is 1.84. The zero-order chi connectivity index (χ0) is 18.0. The topological polar surface area (TPSA) is 67.9 Å². The van der Waals surface area contributed by atoms with E-state index in [-0.39, 0.29) is 11.8 Å². The van der Waals surface area contributed by atoms with Crippen LogP contribution in [0, 0.1) is 6.92 Å². The molecule has 6 heteroatoms. The van der Waals surface area contributed by atoms with Gasteiger partial charge in [0.2, 0.25) is 0 Å². The van der Waals surface area contributed by atoms with E-state index in [0.717, 1.165) is 5.56 Å². The van der Waals surface area contributed by atoms with Crippen molar-refractivity contribution in [2.75, 3.05) is 32.6 Å². The molecule has 3 rings (SSSR count). The van der Waals surface area contributed by atoms with Crippen LogP contribution in [0.5, 0.6) is 11.5 Å². The molecule has 0 aromatic heterocycles. The van der Waals surface area contributed by atoms with Gasteiger partial charge >= 0.3 is 0 Å². The molecule has 6 nitrogen and oxygen atoms in total. The number of amides is 2. The maximum Gasteiger partial charge on any atom is 0.255 e. The first-order chi connectivity index (χ1) is 12.0. The molecular formula is C19H20N2O4. The van der Waals surface area contributed by atoms with Gasteiger partial charge in [-0.1, -0.05) is 6.07 Å². The molecule has 25 heavy (non-hydrogen) atoms. The summed E-state index contributed by atoms with van der Waals surface area (Å²) in [5.74, 6) is 0.826. The molecule has 2 aromatic rings. The minimum Gasteiger partial charge on any atom is -0.486 e. The largest absolute Gasteiger partial charge is 0.486 e. The van der Waals surface area contributed by atoms with Crippen LogP contribution in [0.2, 0.25) is 0 Å². The molecule has 0 saturated carbocycles. The fourth-order valence-corrected chi connectivity index (χ4v) is 2.62. The van der Waals surface area contributed by atoms with E-state index in [9.17, 15) is 9.59 Å². The van der Waals surface area contributed by atoms with Crippen LogP contribution < -0.4 is 14.8 Å². The third-order valence-electron chi connectivity index (χ3n) is 4.02. The second-order valence-corrected chi connectivity index (χ2v) is 5.99. The van der Waals surface area contributed by atoms with Gasteiger partial charge in [-0.15, -0.1) is 0 Å². The van der Waals surface area contributed by atoms with Crippen molar-refractivity contribution in [3.63, 3.8) is 0 Å². The van der Waals surface area contributed by atoms with Crippen LogP contribution in [-0.4, -0.2) is 44.0 Å². The normalized spacial score (nSPS) is 12.4. The summed E-state index contributed by atoms with van der Waals surface area (Å²) in [6.45, 7) is 2.78. The molecular weight excluding hydrogens is 320 g/mol. The van der Waals surface area contributed by atoms with Crippen LogP contribution in [0.3, 0.4) is 0 Å². The van der Waals surface area contributed by atoms with Crippen LogP contribution >= 0.6 is 0 Å². The van der Waals surface area contributed by atoms with E-state index in [4.69, 9.17) is 9.47 Å². The Bertz CT molecular complexity index is 830. The fraction of sp³-hybridized carbons (Fsp3) is 0.263. The molecule has 2 aromatic carbocycles. The van der Waals surface area contributed by atoms with Gasteiger partial charge in [-0.25, -0.2) is 0 Å². The van der Waals surface area contributed by atoms with Crippen LogP contribution in [-0.2, 0) is 0 Å². The molecule has 0 atom stereocenters. The first-order valence-electron chi connectivity index (χ1n) is 7.99. The number of benzene rings is 2. The van der Waals surface area contributed by atoms with E-state index in [1.165, 1.54) is 4.90 Å². The minimum absolute atomic E-state index is 0.104. The van der Waals surface area contributed by atoms with Gasteiger partial charge in [0, 0.05) is 30.9 Å². The molecule has 2 amide bonds. The Morgan fingerprint density at radius 3 is 2.48 bits per heavy atom. The lowest BCUT2D eigenvalue weighted by atomic mass is 10.1. The maximum absolute atomic E-state index is 12.6. The summed E-state index contributed by atoms with van der Waals surface area (Å²) in [4.78, 5) is 26.3. The molecule has 0 radical (unpaired) electrons. The SMILES string of the molecule is Cc1c(NC(=O)c2ccc3c(c2)OCCO3)cccc1C(=O)N(C)C. The van der Waals surface area contributed by atoms with E-state index in [2.05, 4.69) is 5.32 Å². The first kappa shape index (κ1) is 16.8. The predicted octanol–water partition coefficient (Wildman–Crippen LogP) is 2.72. The van der Waals surface area contributed by atoms with Gasteiger partial charge in [0.15, 0.2) is 11.5 Å². The highest BCUT2D eigenvalue weighted by molar-refractivity contribution is 6.06. The quantitative estimate of drug-likeness (QED) is 0.933. The molecule has 130 valence electrons. The molecule has 1 heterocycles. The number of carbonyl (C=O) groups is 2. The van der Waals surface area contributed by atoms with E-state index in [1.54, 1.807) is 50.5 Å². The van der Waals surface area contributed by atoms with Crippen LogP contribution in [0.25, 0.3) is 0 Å². The van der Waals surface area contributed by atoms with Gasteiger partial charge in [0.05, 0.1) is 0 Å².